The molecule has 4 N–H and O–H groups in total. The maximum Gasteiger partial charge on any atom is 0.320 e. The van der Waals surface area contributed by atoms with Gasteiger partial charge in [0.1, 0.15) is 6.04 Å². The monoisotopic (exact) mass is 295 g/mol. The van der Waals surface area contributed by atoms with Crippen LogP contribution in [-0.4, -0.2) is 33.3 Å². The summed E-state index contributed by atoms with van der Waals surface area (Å²) in [5, 5.41) is 20.4. The molecular formula is C12H13N3O4S. The number of carboxylic acid groups (broad SMARTS) is 1. The standard InChI is InChI=1S/C12H13N3O4S/c1-20-7-3-9-11(10(4-7)15(18)19)6(5-14-9)2-8(13)12(16)17/h3-5,8,14H,2,13H2,1H3,(H,16,17)/t8-/m0/s1. The van der Waals surface area contributed by atoms with Gasteiger partial charge in [0.05, 0.1) is 15.8 Å². The van der Waals surface area contributed by atoms with Gasteiger partial charge in [-0.2, -0.15) is 0 Å². The summed E-state index contributed by atoms with van der Waals surface area (Å²) in [6, 6.07) is 2.19. The number of nitro groups is 1. The Morgan fingerprint density at radius 2 is 2.30 bits per heavy atom. The van der Waals surface area contributed by atoms with Crippen LogP contribution in [0.5, 0.6) is 0 Å². The summed E-state index contributed by atoms with van der Waals surface area (Å²) in [6.45, 7) is 0. The van der Waals surface area contributed by atoms with Crippen LogP contribution >= 0.6 is 11.8 Å². The smallest absolute Gasteiger partial charge is 0.320 e. The molecule has 1 aromatic carbocycles. The Morgan fingerprint density at radius 3 is 2.85 bits per heavy atom. The topological polar surface area (TPSA) is 122 Å². The summed E-state index contributed by atoms with van der Waals surface area (Å²) >= 11 is 1.40. The first kappa shape index (κ1) is 14.4. The van der Waals surface area contributed by atoms with Crippen molar-refractivity contribution >= 4 is 34.3 Å². The Morgan fingerprint density at radius 1 is 1.60 bits per heavy atom. The Hall–Kier alpha value is -2.06. The van der Waals surface area contributed by atoms with Crippen molar-refractivity contribution in [2.75, 3.05) is 6.26 Å². The molecule has 0 spiro atoms. The minimum atomic E-state index is -1.14. The van der Waals surface area contributed by atoms with E-state index in [4.69, 9.17) is 10.8 Å². The first-order valence-corrected chi connectivity index (χ1v) is 6.97. The Bertz CT molecular complexity index is 683. The van der Waals surface area contributed by atoms with Gasteiger partial charge in [0.25, 0.3) is 5.69 Å². The van der Waals surface area contributed by atoms with Crippen LogP contribution in [0.15, 0.2) is 23.2 Å². The molecule has 7 nitrogen and oxygen atoms in total. The van der Waals surface area contributed by atoms with Gasteiger partial charge >= 0.3 is 5.97 Å². The normalized spacial score (nSPS) is 12.5. The van der Waals surface area contributed by atoms with Gasteiger partial charge in [0.15, 0.2) is 0 Å². The maximum atomic E-state index is 11.2. The number of thioether (sulfide) groups is 1. The lowest BCUT2D eigenvalue weighted by Crippen LogP contribution is -2.32. The van der Waals surface area contributed by atoms with Crippen molar-refractivity contribution in [3.05, 3.63) is 34.0 Å². The van der Waals surface area contributed by atoms with E-state index in [-0.39, 0.29) is 12.1 Å². The minimum Gasteiger partial charge on any atom is -0.480 e. The number of nitrogens with one attached hydrogen (secondary N) is 1. The summed E-state index contributed by atoms with van der Waals surface area (Å²) in [7, 11) is 0. The number of hydrogen-bond donors (Lipinski definition) is 3. The van der Waals surface area contributed by atoms with Crippen molar-refractivity contribution in [1.29, 1.82) is 0 Å². The van der Waals surface area contributed by atoms with Crippen molar-refractivity contribution in [1.82, 2.24) is 4.98 Å². The number of carboxylic acids is 1. The molecule has 2 aromatic rings. The quantitative estimate of drug-likeness (QED) is 0.439. The van der Waals surface area contributed by atoms with Gasteiger partial charge in [-0.15, -0.1) is 11.8 Å². The third kappa shape index (κ3) is 2.61. The zero-order valence-electron chi connectivity index (χ0n) is 10.6. The summed E-state index contributed by atoms with van der Waals surface area (Å²) in [5.74, 6) is -1.14. The SMILES string of the molecule is CSc1cc([N+](=O)[O-])c2c(C[C@H](N)C(=O)O)c[nH]c2c1. The molecule has 2 rings (SSSR count). The van der Waals surface area contributed by atoms with Crippen molar-refractivity contribution in [2.24, 2.45) is 5.73 Å². The first-order valence-electron chi connectivity index (χ1n) is 5.74. The molecular weight excluding hydrogens is 282 g/mol. The lowest BCUT2D eigenvalue weighted by molar-refractivity contribution is -0.383. The van der Waals surface area contributed by atoms with E-state index in [9.17, 15) is 14.9 Å². The summed E-state index contributed by atoms with van der Waals surface area (Å²) in [4.78, 5) is 25.2. The van der Waals surface area contributed by atoms with E-state index < -0.39 is 16.9 Å². The highest BCUT2D eigenvalue weighted by Gasteiger charge is 2.21. The zero-order valence-corrected chi connectivity index (χ0v) is 11.4. The van der Waals surface area contributed by atoms with E-state index in [1.54, 1.807) is 12.3 Å². The maximum absolute atomic E-state index is 11.2. The van der Waals surface area contributed by atoms with Crippen LogP contribution in [0.2, 0.25) is 0 Å². The average Bonchev–Trinajstić information content (AvgIpc) is 2.80. The van der Waals surface area contributed by atoms with E-state index in [2.05, 4.69) is 4.98 Å². The number of nitrogens with zero attached hydrogens (tertiary/aromatic N) is 1. The van der Waals surface area contributed by atoms with Gasteiger partial charge in [0, 0.05) is 23.6 Å². The number of aromatic nitrogens is 1. The number of aliphatic carboxylic acids is 1. The molecule has 0 bridgehead atoms. The molecule has 0 radical (unpaired) electrons. The molecule has 0 saturated heterocycles. The molecule has 0 fully saturated rings. The molecule has 0 aliphatic carbocycles. The minimum absolute atomic E-state index is 0.0365. The van der Waals surface area contributed by atoms with E-state index in [1.165, 1.54) is 17.8 Å². The fraction of sp³-hybridized carbons (Fsp3) is 0.250. The third-order valence-electron chi connectivity index (χ3n) is 3.00. The Labute approximate surface area is 118 Å². The molecule has 20 heavy (non-hydrogen) atoms. The fourth-order valence-electron chi connectivity index (χ4n) is 2.04. The number of aromatic amines is 1. The van der Waals surface area contributed by atoms with Crippen LogP contribution < -0.4 is 5.73 Å². The second-order valence-corrected chi connectivity index (χ2v) is 5.17. The molecule has 1 aromatic heterocycles. The number of hydrogen-bond acceptors (Lipinski definition) is 5. The first-order chi connectivity index (χ1) is 9.43. The van der Waals surface area contributed by atoms with Gasteiger partial charge in [-0.3, -0.25) is 14.9 Å². The number of rotatable bonds is 5. The lowest BCUT2D eigenvalue weighted by atomic mass is 10.0. The second kappa shape index (κ2) is 5.51. The van der Waals surface area contributed by atoms with Crippen LogP contribution in [-0.2, 0) is 11.2 Å². The largest absolute Gasteiger partial charge is 0.480 e. The van der Waals surface area contributed by atoms with Gasteiger partial charge in [0.2, 0.25) is 0 Å². The molecule has 0 saturated carbocycles. The number of nitrogens with two attached hydrogens (primary N) is 1. The van der Waals surface area contributed by atoms with Crippen molar-refractivity contribution in [3.63, 3.8) is 0 Å². The number of non-ortho nitro benzene ring substituents is 1. The van der Waals surface area contributed by atoms with Crippen LogP contribution in [0.3, 0.4) is 0 Å². The van der Waals surface area contributed by atoms with Crippen LogP contribution in [0.1, 0.15) is 5.56 Å². The Kier molecular flexibility index (Phi) is 3.96. The summed E-state index contributed by atoms with van der Waals surface area (Å²) < 4.78 is 0. The summed E-state index contributed by atoms with van der Waals surface area (Å²) in [5.41, 5.74) is 6.60. The molecule has 0 amide bonds. The molecule has 0 aliphatic rings. The van der Waals surface area contributed by atoms with Crippen molar-refractivity contribution in [2.45, 2.75) is 17.4 Å². The molecule has 0 aliphatic heterocycles. The van der Waals surface area contributed by atoms with E-state index in [1.807, 2.05) is 6.26 Å². The van der Waals surface area contributed by atoms with Crippen molar-refractivity contribution in [3.8, 4) is 0 Å². The number of H-pyrrole nitrogens is 1. The van der Waals surface area contributed by atoms with Gasteiger partial charge < -0.3 is 15.8 Å². The van der Waals surface area contributed by atoms with Gasteiger partial charge in [-0.1, -0.05) is 0 Å². The number of nitro benzene ring substituents is 1. The summed E-state index contributed by atoms with van der Waals surface area (Å²) in [6.07, 6.45) is 3.44. The van der Waals surface area contributed by atoms with Gasteiger partial charge in [-0.05, 0) is 17.9 Å². The molecule has 8 heteroatoms. The van der Waals surface area contributed by atoms with Gasteiger partial charge in [-0.25, -0.2) is 0 Å². The van der Waals surface area contributed by atoms with E-state index in [0.29, 0.717) is 16.5 Å². The number of fused-ring (bicyclic) bond motifs is 1. The zero-order chi connectivity index (χ0) is 14.9. The highest BCUT2D eigenvalue weighted by Crippen LogP contribution is 2.33. The van der Waals surface area contributed by atoms with Crippen LogP contribution in [0, 0.1) is 10.1 Å². The molecule has 1 atom stereocenters. The average molecular weight is 295 g/mol. The van der Waals surface area contributed by atoms with Crippen LogP contribution in [0.25, 0.3) is 10.9 Å². The predicted molar refractivity (Wildman–Crippen MR) is 76.0 cm³/mol. The predicted octanol–water partition coefficient (Wildman–Crippen LogP) is 1.75. The fourth-order valence-corrected chi connectivity index (χ4v) is 2.50. The molecule has 106 valence electrons. The lowest BCUT2D eigenvalue weighted by Gasteiger charge is -2.06. The number of benzene rings is 1. The van der Waals surface area contributed by atoms with E-state index in [0.717, 1.165) is 4.90 Å². The third-order valence-corrected chi connectivity index (χ3v) is 3.71. The number of carbonyl (C=O) groups is 1. The van der Waals surface area contributed by atoms with E-state index >= 15 is 0 Å². The molecule has 0 unspecified atom stereocenters. The second-order valence-electron chi connectivity index (χ2n) is 4.29. The Balaban J connectivity index is 2.58. The van der Waals surface area contributed by atoms with Crippen molar-refractivity contribution < 1.29 is 14.8 Å². The highest BCUT2D eigenvalue weighted by atomic mass is 32.2. The highest BCUT2D eigenvalue weighted by molar-refractivity contribution is 7.98. The molecule has 1 heterocycles. The van der Waals surface area contributed by atoms with Crippen LogP contribution in [0.4, 0.5) is 5.69 Å².